The minimum absolute atomic E-state index is 0.103. The van der Waals surface area contributed by atoms with Crippen molar-refractivity contribution in [1.29, 1.82) is 0 Å². The van der Waals surface area contributed by atoms with Gasteiger partial charge in [-0.15, -0.1) is 0 Å². The van der Waals surface area contributed by atoms with Gasteiger partial charge >= 0.3 is 17.9 Å². The summed E-state index contributed by atoms with van der Waals surface area (Å²) < 4.78 is 0. The molecule has 0 spiro atoms. The fourth-order valence-corrected chi connectivity index (χ4v) is 3.33. The van der Waals surface area contributed by atoms with Crippen molar-refractivity contribution in [1.82, 2.24) is 4.90 Å². The second kappa shape index (κ2) is 12.2. The second-order valence-electron chi connectivity index (χ2n) is 7.97. The van der Waals surface area contributed by atoms with Crippen LogP contribution in [0.1, 0.15) is 54.9 Å². The number of carboxylic acid groups (broad SMARTS) is 3. The maximum absolute atomic E-state index is 12.3. The lowest BCUT2D eigenvalue weighted by atomic mass is 9.96. The first-order valence-electron chi connectivity index (χ1n) is 10.2. The number of aryl methyl sites for hydroxylation is 1. The van der Waals surface area contributed by atoms with E-state index >= 15 is 0 Å². The van der Waals surface area contributed by atoms with E-state index in [0.29, 0.717) is 0 Å². The molecule has 1 fully saturated rings. The predicted molar refractivity (Wildman–Crippen MR) is 112 cm³/mol. The van der Waals surface area contributed by atoms with Gasteiger partial charge in [-0.1, -0.05) is 43.2 Å². The lowest BCUT2D eigenvalue weighted by Crippen LogP contribution is -2.42. The van der Waals surface area contributed by atoms with Crippen molar-refractivity contribution in [2.75, 3.05) is 19.6 Å². The summed E-state index contributed by atoms with van der Waals surface area (Å²) in [4.78, 5) is 45.2. The SMILES string of the molecule is Cc1ccc(C(=O)[C@@H](C)CN2CCCCC2)cc1.O=C(O)CC(O)(CC(=O)O)C(=O)O. The number of ketones is 1. The van der Waals surface area contributed by atoms with Crippen molar-refractivity contribution < 1.29 is 39.6 Å². The van der Waals surface area contributed by atoms with Crippen molar-refractivity contribution >= 4 is 23.7 Å². The number of Topliss-reactive ketones (excluding diaryl/α,β-unsaturated/α-hetero) is 1. The van der Waals surface area contributed by atoms with Crippen LogP contribution in [0.3, 0.4) is 0 Å². The molecule has 0 unspecified atom stereocenters. The Morgan fingerprint density at radius 2 is 1.42 bits per heavy atom. The molecule has 0 amide bonds. The molecule has 1 saturated heterocycles. The quantitative estimate of drug-likeness (QED) is 0.425. The van der Waals surface area contributed by atoms with E-state index in [9.17, 15) is 19.2 Å². The van der Waals surface area contributed by atoms with Crippen molar-refractivity contribution in [3.8, 4) is 0 Å². The van der Waals surface area contributed by atoms with Gasteiger partial charge in [0, 0.05) is 18.0 Å². The van der Waals surface area contributed by atoms with Crippen LogP contribution >= 0.6 is 0 Å². The van der Waals surface area contributed by atoms with E-state index in [0.717, 1.165) is 25.2 Å². The Kier molecular flexibility index (Phi) is 10.3. The number of rotatable bonds is 9. The molecule has 0 saturated carbocycles. The van der Waals surface area contributed by atoms with Gasteiger partial charge in [-0.05, 0) is 32.9 Å². The lowest BCUT2D eigenvalue weighted by Gasteiger charge is -2.28. The third kappa shape index (κ3) is 9.27. The van der Waals surface area contributed by atoms with Crippen LogP contribution in [-0.2, 0) is 14.4 Å². The van der Waals surface area contributed by atoms with Crippen LogP contribution in [0.5, 0.6) is 0 Å². The molecule has 9 heteroatoms. The number of aliphatic carboxylic acids is 3. The summed E-state index contributed by atoms with van der Waals surface area (Å²) in [6.45, 7) is 7.33. The van der Waals surface area contributed by atoms with Gasteiger partial charge in [-0.25, -0.2) is 4.79 Å². The monoisotopic (exact) mass is 437 g/mol. The Morgan fingerprint density at radius 3 is 1.84 bits per heavy atom. The van der Waals surface area contributed by atoms with Gasteiger partial charge in [0.05, 0.1) is 12.8 Å². The Hall–Kier alpha value is -2.78. The topological polar surface area (TPSA) is 152 Å². The third-order valence-corrected chi connectivity index (χ3v) is 5.05. The van der Waals surface area contributed by atoms with E-state index in [1.165, 1.54) is 24.8 Å². The van der Waals surface area contributed by atoms with Gasteiger partial charge < -0.3 is 25.3 Å². The molecule has 4 N–H and O–H groups in total. The summed E-state index contributed by atoms with van der Waals surface area (Å²) in [6, 6.07) is 7.93. The highest BCUT2D eigenvalue weighted by molar-refractivity contribution is 5.97. The molecule has 172 valence electrons. The maximum Gasteiger partial charge on any atom is 0.336 e. The second-order valence-corrected chi connectivity index (χ2v) is 7.97. The van der Waals surface area contributed by atoms with Gasteiger partial charge in [-0.3, -0.25) is 14.4 Å². The first kappa shape index (κ1) is 26.3. The molecule has 1 aliphatic rings. The molecule has 31 heavy (non-hydrogen) atoms. The van der Waals surface area contributed by atoms with Gasteiger partial charge in [0.25, 0.3) is 0 Å². The molecular weight excluding hydrogens is 406 g/mol. The molecule has 1 atom stereocenters. The minimum atomic E-state index is -2.74. The predicted octanol–water partition coefficient (Wildman–Crippen LogP) is 2.05. The van der Waals surface area contributed by atoms with E-state index in [-0.39, 0.29) is 11.7 Å². The van der Waals surface area contributed by atoms with Crippen LogP contribution in [-0.4, -0.2) is 74.3 Å². The molecule has 0 bridgehead atoms. The fourth-order valence-electron chi connectivity index (χ4n) is 3.33. The Labute approximate surface area is 181 Å². The fraction of sp³-hybridized carbons (Fsp3) is 0.545. The number of carbonyl (C=O) groups is 4. The van der Waals surface area contributed by atoms with E-state index in [1.54, 1.807) is 0 Å². The van der Waals surface area contributed by atoms with E-state index in [2.05, 4.69) is 11.8 Å². The lowest BCUT2D eigenvalue weighted by molar-refractivity contribution is -0.170. The number of aliphatic hydroxyl groups is 1. The van der Waals surface area contributed by atoms with Crippen LogP contribution in [0.2, 0.25) is 0 Å². The summed E-state index contributed by atoms with van der Waals surface area (Å²) in [5.41, 5.74) is -0.683. The number of hydrogen-bond acceptors (Lipinski definition) is 6. The Bertz CT molecular complexity index is 752. The normalized spacial score (nSPS) is 15.3. The van der Waals surface area contributed by atoms with Gasteiger partial charge in [0.2, 0.25) is 0 Å². The zero-order chi connectivity index (χ0) is 23.6. The molecule has 0 aliphatic carbocycles. The van der Waals surface area contributed by atoms with Gasteiger partial charge in [0.15, 0.2) is 11.4 Å². The molecule has 1 aromatic rings. The highest BCUT2D eigenvalue weighted by Gasteiger charge is 2.40. The smallest absolute Gasteiger partial charge is 0.336 e. The zero-order valence-corrected chi connectivity index (χ0v) is 17.9. The standard InChI is InChI=1S/C16H23NO.C6H8O7/c1-13-6-8-15(9-7-13)16(18)14(2)12-17-10-4-3-5-11-17;7-3(8)1-6(13,5(11)12)2-4(9)10/h6-9,14H,3-5,10-12H2,1-2H3;13H,1-2H2,(H,7,8)(H,9,10)(H,11,12)/t14-;/m0./s1. The summed E-state index contributed by atoms with van der Waals surface area (Å²) >= 11 is 0. The number of benzene rings is 1. The van der Waals surface area contributed by atoms with Crippen LogP contribution in [0.4, 0.5) is 0 Å². The molecule has 2 rings (SSSR count). The highest BCUT2D eigenvalue weighted by Crippen LogP contribution is 2.16. The van der Waals surface area contributed by atoms with Crippen molar-refractivity contribution in [2.24, 2.45) is 5.92 Å². The zero-order valence-electron chi connectivity index (χ0n) is 17.9. The number of piperidine rings is 1. The van der Waals surface area contributed by atoms with Crippen LogP contribution < -0.4 is 0 Å². The van der Waals surface area contributed by atoms with Gasteiger partial charge in [-0.2, -0.15) is 0 Å². The third-order valence-electron chi connectivity index (χ3n) is 5.05. The first-order chi connectivity index (χ1) is 14.4. The Balaban J connectivity index is 0.000000330. The minimum Gasteiger partial charge on any atom is -0.481 e. The van der Waals surface area contributed by atoms with Crippen molar-refractivity contribution in [3.05, 3.63) is 35.4 Å². The van der Waals surface area contributed by atoms with Crippen LogP contribution in [0.15, 0.2) is 24.3 Å². The molecule has 1 aliphatic heterocycles. The number of hydrogen-bond donors (Lipinski definition) is 4. The number of likely N-dealkylation sites (tertiary alicyclic amines) is 1. The van der Waals surface area contributed by atoms with Crippen LogP contribution in [0.25, 0.3) is 0 Å². The highest BCUT2D eigenvalue weighted by atomic mass is 16.4. The van der Waals surface area contributed by atoms with Crippen molar-refractivity contribution in [3.63, 3.8) is 0 Å². The number of nitrogens with zero attached hydrogens (tertiary/aromatic N) is 1. The summed E-state index contributed by atoms with van der Waals surface area (Å²) in [5, 5.41) is 33.8. The largest absolute Gasteiger partial charge is 0.481 e. The summed E-state index contributed by atoms with van der Waals surface area (Å²) in [7, 11) is 0. The first-order valence-corrected chi connectivity index (χ1v) is 10.2. The molecular formula is C22H31NO8. The van der Waals surface area contributed by atoms with E-state index in [1.807, 2.05) is 31.2 Å². The average Bonchev–Trinajstić information content (AvgIpc) is 2.68. The van der Waals surface area contributed by atoms with Crippen LogP contribution in [0, 0.1) is 12.8 Å². The number of carbonyl (C=O) groups excluding carboxylic acids is 1. The summed E-state index contributed by atoms with van der Waals surface area (Å²) in [5.74, 6) is -4.64. The Morgan fingerprint density at radius 1 is 0.935 bits per heavy atom. The number of carboxylic acids is 3. The van der Waals surface area contributed by atoms with Gasteiger partial charge in [0.1, 0.15) is 0 Å². The molecule has 1 heterocycles. The molecule has 0 radical (unpaired) electrons. The summed E-state index contributed by atoms with van der Waals surface area (Å²) in [6.07, 6.45) is 1.62. The average molecular weight is 437 g/mol. The molecule has 0 aromatic heterocycles. The van der Waals surface area contributed by atoms with Crippen molar-refractivity contribution in [2.45, 2.75) is 51.6 Å². The molecule has 1 aromatic carbocycles. The molecule has 9 nitrogen and oxygen atoms in total. The maximum atomic E-state index is 12.3. The van der Waals surface area contributed by atoms with E-state index < -0.39 is 36.4 Å². The van der Waals surface area contributed by atoms with E-state index in [4.69, 9.17) is 20.4 Å².